The van der Waals surface area contributed by atoms with Gasteiger partial charge in [-0.1, -0.05) is 60.1 Å². The van der Waals surface area contributed by atoms with Crippen molar-refractivity contribution in [3.63, 3.8) is 0 Å². The van der Waals surface area contributed by atoms with E-state index in [1.165, 1.54) is 0 Å². The summed E-state index contributed by atoms with van der Waals surface area (Å²) in [5.41, 5.74) is -0.750. The van der Waals surface area contributed by atoms with Crippen molar-refractivity contribution in [2.45, 2.75) is 65.7 Å². The molecule has 0 saturated carbocycles. The Morgan fingerprint density at radius 1 is 0.812 bits per heavy atom. The molecule has 0 aliphatic heterocycles. The molecule has 0 saturated heterocycles. The minimum Gasteiger partial charge on any atom is -0.850 e. The Balaban J connectivity index is -0.0000000904. The molecule has 6 heteroatoms. The molecule has 0 amide bonds. The van der Waals surface area contributed by atoms with E-state index in [9.17, 15) is 5.11 Å². The molecule has 0 aromatic carbocycles. The van der Waals surface area contributed by atoms with Crippen LogP contribution in [0.15, 0.2) is 0 Å². The van der Waals surface area contributed by atoms with Gasteiger partial charge in [-0.15, -0.1) is 5.60 Å². The fraction of sp³-hybridized carbons (Fsp3) is 1.00. The van der Waals surface area contributed by atoms with Gasteiger partial charge in [-0.25, -0.2) is 0 Å². The fourth-order valence-corrected chi connectivity index (χ4v) is 10.1. The number of rotatable bonds is 2. The van der Waals surface area contributed by atoms with Crippen LogP contribution in [0.4, 0.5) is 0 Å². The maximum absolute atomic E-state index is 10.1. The molecule has 0 bridgehead atoms. The second-order valence-corrected chi connectivity index (χ2v) is 16.7. The Kier molecular flexibility index (Phi) is 18.4. The Morgan fingerprint density at radius 3 is 0.938 bits per heavy atom. The SMILES string of the molecule is CC(C)(C)[O-].C[Si](C)(C)N[Si](C)(C)C.[K].[Na+]. The summed E-state index contributed by atoms with van der Waals surface area (Å²) in [6.45, 7) is 19.0. The van der Waals surface area contributed by atoms with E-state index in [1.807, 2.05) is 0 Å². The molecule has 0 aliphatic carbocycles. The van der Waals surface area contributed by atoms with Crippen LogP contribution in [-0.4, -0.2) is 73.5 Å². The third kappa shape index (κ3) is 53.7. The van der Waals surface area contributed by atoms with Crippen LogP contribution < -0.4 is 39.3 Å². The van der Waals surface area contributed by atoms with Crippen LogP contribution in [0.5, 0.6) is 0 Å². The summed E-state index contributed by atoms with van der Waals surface area (Å²) >= 11 is 0. The first-order valence-electron chi connectivity index (χ1n) is 5.20. The van der Waals surface area contributed by atoms with Crippen molar-refractivity contribution in [2.24, 2.45) is 0 Å². The number of hydrogen-bond acceptors (Lipinski definition) is 2. The second-order valence-electron chi connectivity index (χ2n) is 6.74. The molecule has 0 aromatic heterocycles. The van der Waals surface area contributed by atoms with E-state index < -0.39 is 22.1 Å². The summed E-state index contributed by atoms with van der Waals surface area (Å²) in [6, 6.07) is 0. The van der Waals surface area contributed by atoms with Crippen molar-refractivity contribution in [3.05, 3.63) is 0 Å². The van der Waals surface area contributed by atoms with E-state index in [0.29, 0.717) is 0 Å². The van der Waals surface area contributed by atoms with E-state index in [4.69, 9.17) is 0 Å². The topological polar surface area (TPSA) is 35.1 Å². The second kappa shape index (κ2) is 10.7. The van der Waals surface area contributed by atoms with E-state index >= 15 is 0 Å². The predicted molar refractivity (Wildman–Crippen MR) is 75.3 cm³/mol. The van der Waals surface area contributed by atoms with Crippen molar-refractivity contribution in [1.82, 2.24) is 4.65 Å². The van der Waals surface area contributed by atoms with Crippen LogP contribution in [0.2, 0.25) is 39.3 Å². The monoisotopic (exact) mass is 296 g/mol. The van der Waals surface area contributed by atoms with Gasteiger partial charge >= 0.3 is 29.6 Å². The van der Waals surface area contributed by atoms with Gasteiger partial charge in [-0.2, -0.15) is 0 Å². The zero-order valence-corrected chi connectivity index (χ0v) is 20.5. The average molecular weight is 297 g/mol. The molecule has 2 nitrogen and oxygen atoms in total. The van der Waals surface area contributed by atoms with Crippen LogP contribution in [-0.2, 0) is 0 Å². The molecule has 1 radical (unpaired) electrons. The van der Waals surface area contributed by atoms with E-state index in [-0.39, 0.29) is 80.9 Å². The van der Waals surface area contributed by atoms with Crippen LogP contribution in [0, 0.1) is 0 Å². The van der Waals surface area contributed by atoms with Crippen molar-refractivity contribution >= 4 is 67.9 Å². The molecule has 0 rings (SSSR count). The molecule has 0 heterocycles. The molecule has 0 spiro atoms. The molecule has 0 aromatic rings. The summed E-state index contributed by atoms with van der Waals surface area (Å²) in [4.78, 5) is 0. The maximum atomic E-state index is 10.1. The molecular formula is C10H28KNNaOSi2. The Bertz CT molecular complexity index is 144. The van der Waals surface area contributed by atoms with Crippen LogP contribution in [0.1, 0.15) is 20.8 Å². The van der Waals surface area contributed by atoms with E-state index in [2.05, 4.69) is 43.9 Å². The predicted octanol–water partition coefficient (Wildman–Crippen LogP) is -0.986. The standard InChI is InChI=1S/C6H19NSi2.C4H9O.K.Na/c1-8(2,3)7-9(4,5)6;1-4(2,3)5;;/h7H,1-6H3;1-3H3;;/q;-1;;+1. The normalized spacial score (nSPS) is 11.6. The van der Waals surface area contributed by atoms with Gasteiger partial charge in [0.15, 0.2) is 0 Å². The Labute approximate surface area is 170 Å². The summed E-state index contributed by atoms with van der Waals surface area (Å²) in [7, 11) is -1.96. The van der Waals surface area contributed by atoms with Gasteiger partial charge in [0.05, 0.1) is 0 Å². The first kappa shape index (κ1) is 27.4. The molecular weight excluding hydrogens is 268 g/mol. The molecule has 0 atom stereocenters. The Hall–Kier alpha value is 2.99. The van der Waals surface area contributed by atoms with Crippen molar-refractivity contribution < 1.29 is 34.7 Å². The third-order valence-corrected chi connectivity index (χ3v) is 6.75. The van der Waals surface area contributed by atoms with Gasteiger partial charge in [0, 0.05) is 51.4 Å². The van der Waals surface area contributed by atoms with Crippen LogP contribution in [0.25, 0.3) is 0 Å². The van der Waals surface area contributed by atoms with Crippen molar-refractivity contribution in [3.8, 4) is 0 Å². The summed E-state index contributed by atoms with van der Waals surface area (Å²) in [6.07, 6.45) is 0. The van der Waals surface area contributed by atoms with Crippen LogP contribution >= 0.6 is 0 Å². The van der Waals surface area contributed by atoms with Crippen molar-refractivity contribution in [2.75, 3.05) is 0 Å². The quantitative estimate of drug-likeness (QED) is 0.665. The molecule has 0 aliphatic rings. The largest absolute Gasteiger partial charge is 1.00 e. The first-order chi connectivity index (χ1) is 5.71. The first-order valence-corrected chi connectivity index (χ1v) is 12.2. The average Bonchev–Trinajstić information content (AvgIpc) is 1.42. The van der Waals surface area contributed by atoms with Gasteiger partial charge in [0.2, 0.25) is 0 Å². The third-order valence-electron chi connectivity index (χ3n) is 0.750. The zero-order chi connectivity index (χ0) is 12.2. The minimum absolute atomic E-state index is 0. The van der Waals surface area contributed by atoms with Gasteiger partial charge in [-0.3, -0.25) is 0 Å². The molecule has 1 N–H and O–H groups in total. The van der Waals surface area contributed by atoms with Crippen LogP contribution in [0.3, 0.4) is 0 Å². The van der Waals surface area contributed by atoms with Gasteiger partial charge in [-0.05, 0) is 0 Å². The number of nitrogens with one attached hydrogen (secondary N) is 1. The van der Waals surface area contributed by atoms with Gasteiger partial charge in [0.25, 0.3) is 0 Å². The van der Waals surface area contributed by atoms with E-state index in [0.717, 1.165) is 0 Å². The summed E-state index contributed by atoms with van der Waals surface area (Å²) < 4.78 is 3.74. The maximum Gasteiger partial charge on any atom is 1.00 e. The Morgan fingerprint density at radius 2 is 0.938 bits per heavy atom. The fourth-order valence-electron chi connectivity index (χ4n) is 1.12. The molecule has 89 valence electrons. The molecule has 16 heavy (non-hydrogen) atoms. The summed E-state index contributed by atoms with van der Waals surface area (Å²) in [5.74, 6) is 0. The van der Waals surface area contributed by atoms with E-state index in [1.54, 1.807) is 20.8 Å². The van der Waals surface area contributed by atoms with Gasteiger partial charge in [0.1, 0.15) is 16.5 Å². The van der Waals surface area contributed by atoms with Gasteiger partial charge < -0.3 is 9.75 Å². The minimum atomic E-state index is -0.981. The summed E-state index contributed by atoms with van der Waals surface area (Å²) in [5, 5.41) is 10.1. The zero-order valence-electron chi connectivity index (χ0n) is 13.4. The van der Waals surface area contributed by atoms with Crippen molar-refractivity contribution in [1.29, 1.82) is 0 Å². The smallest absolute Gasteiger partial charge is 0.850 e. The molecule has 0 unspecified atom stereocenters. The number of hydrogen-bond donors (Lipinski definition) is 1. The molecule has 0 fully saturated rings.